The first-order chi connectivity index (χ1) is 16.5. The summed E-state index contributed by atoms with van der Waals surface area (Å²) >= 11 is 0. The van der Waals surface area contributed by atoms with Crippen molar-refractivity contribution in [3.63, 3.8) is 0 Å². The molecule has 3 aromatic rings. The molecule has 0 spiro atoms. The Morgan fingerprint density at radius 3 is 2.65 bits per heavy atom. The minimum Gasteiger partial charge on any atom is -0.385 e. The summed E-state index contributed by atoms with van der Waals surface area (Å²) < 4.78 is 7.49. The molecule has 1 saturated heterocycles. The molecule has 182 valence electrons. The first-order valence-corrected chi connectivity index (χ1v) is 12.6. The molecular formula is C29H39N3O2. The molecule has 2 heterocycles. The number of fused-ring (bicyclic) bond motifs is 1. The van der Waals surface area contributed by atoms with Crippen molar-refractivity contribution < 1.29 is 9.53 Å². The van der Waals surface area contributed by atoms with E-state index in [-0.39, 0.29) is 11.9 Å². The topological polar surface area (TPSA) is 46.5 Å². The second-order valence-corrected chi connectivity index (χ2v) is 10.0. The lowest BCUT2D eigenvalue weighted by Gasteiger charge is -2.31. The first-order valence-electron chi connectivity index (χ1n) is 12.6. The standard InChI is InChI=1S/C29H39N3O2/c1-21(2)32(20-26-18-30-17-25(26)15-23-9-6-5-7-10-23)29(33)24-11-12-27-22(3)19-31(28(27)16-24)13-8-14-34-4/h5-7,9-12,16,19,21,25-26,30H,8,13-15,17-18,20H2,1-4H3/t25-,26+/m0/s1. The van der Waals surface area contributed by atoms with Crippen molar-refractivity contribution in [2.45, 2.75) is 46.2 Å². The quantitative estimate of drug-likeness (QED) is 0.436. The number of hydrogen-bond acceptors (Lipinski definition) is 3. The summed E-state index contributed by atoms with van der Waals surface area (Å²) in [6.07, 6.45) is 4.19. The summed E-state index contributed by atoms with van der Waals surface area (Å²) in [5.41, 5.74) is 4.53. The van der Waals surface area contributed by atoms with Gasteiger partial charge in [0.25, 0.3) is 5.91 Å². The molecule has 5 nitrogen and oxygen atoms in total. The summed E-state index contributed by atoms with van der Waals surface area (Å²) in [6.45, 7) is 10.8. The molecule has 4 rings (SSSR count). The van der Waals surface area contributed by atoms with Crippen LogP contribution in [0.2, 0.25) is 0 Å². The van der Waals surface area contributed by atoms with Crippen LogP contribution in [-0.2, 0) is 17.7 Å². The Morgan fingerprint density at radius 2 is 1.91 bits per heavy atom. The molecule has 1 aliphatic heterocycles. The van der Waals surface area contributed by atoms with Crippen LogP contribution in [0.5, 0.6) is 0 Å². The third kappa shape index (κ3) is 5.53. The van der Waals surface area contributed by atoms with Gasteiger partial charge in [0, 0.05) is 55.5 Å². The molecule has 0 saturated carbocycles. The molecule has 5 heteroatoms. The lowest BCUT2D eigenvalue weighted by atomic mass is 9.89. The number of aryl methyl sites for hydroxylation is 2. The Bertz CT molecular complexity index is 1090. The zero-order chi connectivity index (χ0) is 24.1. The van der Waals surface area contributed by atoms with Gasteiger partial charge in [-0.15, -0.1) is 0 Å². The van der Waals surface area contributed by atoms with Crippen LogP contribution in [0, 0.1) is 18.8 Å². The lowest BCUT2D eigenvalue weighted by Crippen LogP contribution is -2.42. The van der Waals surface area contributed by atoms with Crippen LogP contribution in [0.4, 0.5) is 0 Å². The van der Waals surface area contributed by atoms with Crippen molar-refractivity contribution in [2.75, 3.05) is 33.4 Å². The van der Waals surface area contributed by atoms with E-state index in [2.05, 4.69) is 84.2 Å². The van der Waals surface area contributed by atoms with Gasteiger partial charge in [0.1, 0.15) is 0 Å². The highest BCUT2D eigenvalue weighted by molar-refractivity contribution is 5.98. The number of ether oxygens (including phenoxy) is 1. The Morgan fingerprint density at radius 1 is 1.15 bits per heavy atom. The minimum atomic E-state index is 0.129. The molecule has 1 amide bonds. The molecular weight excluding hydrogens is 422 g/mol. The number of rotatable bonds is 10. The molecule has 0 unspecified atom stereocenters. The smallest absolute Gasteiger partial charge is 0.254 e. The van der Waals surface area contributed by atoms with Crippen molar-refractivity contribution in [3.05, 3.63) is 71.4 Å². The van der Waals surface area contributed by atoms with Gasteiger partial charge in [-0.25, -0.2) is 0 Å². The predicted octanol–water partition coefficient (Wildman–Crippen LogP) is 4.92. The van der Waals surface area contributed by atoms with Crippen LogP contribution in [0.1, 0.15) is 41.8 Å². The van der Waals surface area contributed by atoms with E-state index in [4.69, 9.17) is 4.74 Å². The van der Waals surface area contributed by atoms with Gasteiger partial charge in [0.2, 0.25) is 0 Å². The highest BCUT2D eigenvalue weighted by atomic mass is 16.5. The van der Waals surface area contributed by atoms with E-state index in [1.165, 1.54) is 16.5 Å². The average Bonchev–Trinajstić information content (AvgIpc) is 3.41. The van der Waals surface area contributed by atoms with Gasteiger partial charge in [-0.05, 0) is 81.8 Å². The Balaban J connectivity index is 1.52. The average molecular weight is 462 g/mol. The van der Waals surface area contributed by atoms with Crippen LogP contribution < -0.4 is 5.32 Å². The number of nitrogens with one attached hydrogen (secondary N) is 1. The molecule has 34 heavy (non-hydrogen) atoms. The van der Waals surface area contributed by atoms with Crippen LogP contribution in [-0.4, -0.2) is 54.8 Å². The number of carbonyl (C=O) groups is 1. The molecule has 0 bridgehead atoms. The molecule has 2 aromatic carbocycles. The number of aromatic nitrogens is 1. The maximum Gasteiger partial charge on any atom is 0.254 e. The van der Waals surface area contributed by atoms with Crippen molar-refractivity contribution in [1.82, 2.24) is 14.8 Å². The van der Waals surface area contributed by atoms with Gasteiger partial charge in [0.15, 0.2) is 0 Å². The molecule has 2 atom stereocenters. The fourth-order valence-electron chi connectivity index (χ4n) is 5.28. The second-order valence-electron chi connectivity index (χ2n) is 10.0. The molecule has 1 aromatic heterocycles. The van der Waals surface area contributed by atoms with Crippen LogP contribution >= 0.6 is 0 Å². The van der Waals surface area contributed by atoms with Crippen molar-refractivity contribution >= 4 is 16.8 Å². The van der Waals surface area contributed by atoms with Gasteiger partial charge >= 0.3 is 0 Å². The fourth-order valence-corrected chi connectivity index (χ4v) is 5.28. The van der Waals surface area contributed by atoms with Crippen LogP contribution in [0.15, 0.2) is 54.7 Å². The summed E-state index contributed by atoms with van der Waals surface area (Å²) in [5.74, 6) is 1.12. The normalized spacial score (nSPS) is 18.1. The van der Waals surface area contributed by atoms with E-state index >= 15 is 0 Å². The summed E-state index contributed by atoms with van der Waals surface area (Å²) in [5, 5.41) is 4.79. The fraction of sp³-hybridized carbons (Fsp3) is 0.483. The van der Waals surface area contributed by atoms with Crippen molar-refractivity contribution in [2.24, 2.45) is 11.8 Å². The Hall–Kier alpha value is -2.63. The second kappa shape index (κ2) is 11.2. The number of nitrogens with zero attached hydrogens (tertiary/aromatic N) is 2. The highest BCUT2D eigenvalue weighted by Gasteiger charge is 2.31. The number of hydrogen-bond donors (Lipinski definition) is 1. The first kappa shape index (κ1) is 24.5. The van der Waals surface area contributed by atoms with Gasteiger partial charge in [0.05, 0.1) is 0 Å². The van der Waals surface area contributed by atoms with Crippen molar-refractivity contribution in [3.8, 4) is 0 Å². The lowest BCUT2D eigenvalue weighted by molar-refractivity contribution is 0.0662. The molecule has 0 aliphatic carbocycles. The predicted molar refractivity (Wildman–Crippen MR) is 139 cm³/mol. The van der Waals surface area contributed by atoms with Gasteiger partial charge < -0.3 is 19.5 Å². The number of methoxy groups -OCH3 is 1. The molecule has 0 radical (unpaired) electrons. The zero-order valence-electron chi connectivity index (χ0n) is 21.1. The maximum atomic E-state index is 13.7. The van der Waals surface area contributed by atoms with E-state index < -0.39 is 0 Å². The van der Waals surface area contributed by atoms with E-state index in [1.54, 1.807) is 7.11 Å². The maximum absolute atomic E-state index is 13.7. The third-order valence-corrected chi connectivity index (χ3v) is 7.21. The van der Waals surface area contributed by atoms with E-state index in [1.807, 2.05) is 6.07 Å². The number of carbonyl (C=O) groups excluding carboxylic acids is 1. The summed E-state index contributed by atoms with van der Waals surface area (Å²) in [4.78, 5) is 15.8. The third-order valence-electron chi connectivity index (χ3n) is 7.21. The number of amides is 1. The Labute approximate surface area is 204 Å². The van der Waals surface area contributed by atoms with E-state index in [0.717, 1.165) is 56.7 Å². The van der Waals surface area contributed by atoms with Crippen LogP contribution in [0.25, 0.3) is 10.9 Å². The van der Waals surface area contributed by atoms with E-state index in [9.17, 15) is 4.79 Å². The minimum absolute atomic E-state index is 0.129. The summed E-state index contributed by atoms with van der Waals surface area (Å²) in [7, 11) is 1.74. The monoisotopic (exact) mass is 461 g/mol. The Kier molecular flexibility index (Phi) is 8.07. The van der Waals surface area contributed by atoms with Gasteiger partial charge in [-0.2, -0.15) is 0 Å². The van der Waals surface area contributed by atoms with Gasteiger partial charge in [-0.1, -0.05) is 36.4 Å². The SMILES string of the molecule is COCCCn1cc(C)c2ccc(C(=O)N(C[C@H]3CNC[C@@H]3Cc3ccccc3)C(C)C)cc21. The highest BCUT2D eigenvalue weighted by Crippen LogP contribution is 2.26. The van der Waals surface area contributed by atoms with Crippen molar-refractivity contribution in [1.29, 1.82) is 0 Å². The zero-order valence-corrected chi connectivity index (χ0v) is 21.1. The van der Waals surface area contributed by atoms with Gasteiger partial charge in [-0.3, -0.25) is 4.79 Å². The summed E-state index contributed by atoms with van der Waals surface area (Å²) in [6, 6.07) is 17.1. The molecule has 1 N–H and O–H groups in total. The molecule has 1 fully saturated rings. The molecule has 1 aliphatic rings. The van der Waals surface area contributed by atoms with E-state index in [0.29, 0.717) is 11.8 Å². The largest absolute Gasteiger partial charge is 0.385 e. The number of benzene rings is 2. The van der Waals surface area contributed by atoms with Crippen LogP contribution in [0.3, 0.4) is 0 Å².